The van der Waals surface area contributed by atoms with E-state index in [2.05, 4.69) is 0 Å². The summed E-state index contributed by atoms with van der Waals surface area (Å²) in [6.45, 7) is 0. The van der Waals surface area contributed by atoms with Gasteiger partial charge in [-0.15, -0.1) is 0 Å². The molecule has 0 radical (unpaired) electrons. The number of benzene rings is 3. The van der Waals surface area contributed by atoms with Gasteiger partial charge in [-0.2, -0.15) is 0 Å². The van der Waals surface area contributed by atoms with Crippen LogP contribution in [0.25, 0.3) is 10.8 Å². The number of carboxylic acids is 1. The molecule has 0 aliphatic carbocycles. The van der Waals surface area contributed by atoms with E-state index in [0.717, 1.165) is 5.39 Å². The minimum absolute atomic E-state index is 0.259. The fourth-order valence-corrected chi connectivity index (χ4v) is 2.22. The van der Waals surface area contributed by atoms with Crippen LogP contribution < -0.4 is 10.5 Å². The van der Waals surface area contributed by atoms with E-state index in [1.54, 1.807) is 48.5 Å². The SMILES string of the molecule is Nc1ccc(Oc2cccc3c(C(=O)O)cccc23)cc1. The predicted octanol–water partition coefficient (Wildman–Crippen LogP) is 3.91. The second-order valence-corrected chi connectivity index (χ2v) is 4.63. The highest BCUT2D eigenvalue weighted by atomic mass is 16.5. The molecule has 0 unspecified atom stereocenters. The van der Waals surface area contributed by atoms with Gasteiger partial charge >= 0.3 is 5.97 Å². The van der Waals surface area contributed by atoms with Crippen molar-refractivity contribution in [2.75, 3.05) is 5.73 Å². The Balaban J connectivity index is 2.09. The second-order valence-electron chi connectivity index (χ2n) is 4.63. The van der Waals surface area contributed by atoms with Gasteiger partial charge in [0.1, 0.15) is 11.5 Å². The van der Waals surface area contributed by atoms with E-state index in [-0.39, 0.29) is 5.56 Å². The maximum absolute atomic E-state index is 11.3. The molecule has 4 nitrogen and oxygen atoms in total. The number of carboxylic acid groups (broad SMARTS) is 1. The van der Waals surface area contributed by atoms with Crippen molar-refractivity contribution in [3.8, 4) is 11.5 Å². The summed E-state index contributed by atoms with van der Waals surface area (Å²) >= 11 is 0. The van der Waals surface area contributed by atoms with Gasteiger partial charge in [-0.3, -0.25) is 0 Å². The third kappa shape index (κ3) is 2.51. The molecule has 4 heteroatoms. The lowest BCUT2D eigenvalue weighted by Crippen LogP contribution is -1.97. The number of rotatable bonds is 3. The van der Waals surface area contributed by atoms with E-state index in [1.165, 1.54) is 0 Å². The monoisotopic (exact) mass is 279 g/mol. The fourth-order valence-electron chi connectivity index (χ4n) is 2.22. The van der Waals surface area contributed by atoms with Crippen molar-refractivity contribution in [1.82, 2.24) is 0 Å². The number of nitrogen functional groups attached to an aromatic ring is 1. The molecule has 0 aliphatic rings. The zero-order valence-corrected chi connectivity index (χ0v) is 11.1. The smallest absolute Gasteiger partial charge is 0.336 e. The Hall–Kier alpha value is -3.01. The molecule has 0 saturated heterocycles. The highest BCUT2D eigenvalue weighted by molar-refractivity contribution is 6.05. The highest BCUT2D eigenvalue weighted by Crippen LogP contribution is 2.31. The van der Waals surface area contributed by atoms with Crippen LogP contribution in [0.3, 0.4) is 0 Å². The molecular formula is C17H13NO3. The molecule has 0 amide bonds. The fraction of sp³-hybridized carbons (Fsp3) is 0. The summed E-state index contributed by atoms with van der Waals surface area (Å²) in [5.41, 5.74) is 6.56. The van der Waals surface area contributed by atoms with Gasteiger partial charge in [0.15, 0.2) is 0 Å². The van der Waals surface area contributed by atoms with E-state index < -0.39 is 5.97 Å². The quantitative estimate of drug-likeness (QED) is 0.713. The van der Waals surface area contributed by atoms with Crippen molar-refractivity contribution >= 4 is 22.4 Å². The van der Waals surface area contributed by atoms with Crippen LogP contribution in [0.1, 0.15) is 10.4 Å². The number of fused-ring (bicyclic) bond motifs is 1. The third-order valence-electron chi connectivity index (χ3n) is 3.22. The van der Waals surface area contributed by atoms with Crippen LogP contribution in [0.2, 0.25) is 0 Å². The summed E-state index contributed by atoms with van der Waals surface area (Å²) in [6.07, 6.45) is 0. The lowest BCUT2D eigenvalue weighted by Gasteiger charge is -2.10. The summed E-state index contributed by atoms with van der Waals surface area (Å²) in [5, 5.41) is 10.6. The van der Waals surface area contributed by atoms with Crippen molar-refractivity contribution in [3.63, 3.8) is 0 Å². The number of hydrogen-bond acceptors (Lipinski definition) is 3. The summed E-state index contributed by atoms with van der Waals surface area (Å²) < 4.78 is 5.83. The Labute approximate surface area is 121 Å². The summed E-state index contributed by atoms with van der Waals surface area (Å²) in [4.78, 5) is 11.3. The molecule has 21 heavy (non-hydrogen) atoms. The Morgan fingerprint density at radius 3 is 2.29 bits per heavy atom. The molecule has 0 fully saturated rings. The molecule has 0 aliphatic heterocycles. The molecule has 0 heterocycles. The number of anilines is 1. The van der Waals surface area contributed by atoms with Gasteiger partial charge in [0, 0.05) is 11.1 Å². The molecule has 0 saturated carbocycles. The Kier molecular flexibility index (Phi) is 3.20. The first-order valence-corrected chi connectivity index (χ1v) is 6.43. The number of aromatic carboxylic acids is 1. The first-order valence-electron chi connectivity index (χ1n) is 6.43. The van der Waals surface area contributed by atoms with Crippen molar-refractivity contribution in [1.29, 1.82) is 0 Å². The molecule has 3 aromatic carbocycles. The highest BCUT2D eigenvalue weighted by Gasteiger charge is 2.11. The van der Waals surface area contributed by atoms with Gasteiger partial charge in [-0.25, -0.2) is 4.79 Å². The Morgan fingerprint density at radius 1 is 0.905 bits per heavy atom. The summed E-state index contributed by atoms with van der Waals surface area (Å²) in [6, 6.07) is 17.5. The van der Waals surface area contributed by atoms with Crippen LogP contribution in [0.15, 0.2) is 60.7 Å². The van der Waals surface area contributed by atoms with E-state index in [4.69, 9.17) is 10.5 Å². The van der Waals surface area contributed by atoms with E-state index in [9.17, 15) is 9.90 Å². The maximum Gasteiger partial charge on any atom is 0.336 e. The summed E-state index contributed by atoms with van der Waals surface area (Å²) in [5.74, 6) is 0.308. The zero-order valence-electron chi connectivity index (χ0n) is 11.1. The number of nitrogens with two attached hydrogens (primary N) is 1. The average molecular weight is 279 g/mol. The predicted molar refractivity (Wildman–Crippen MR) is 81.8 cm³/mol. The molecule has 0 bridgehead atoms. The lowest BCUT2D eigenvalue weighted by molar-refractivity contribution is 0.0699. The van der Waals surface area contributed by atoms with E-state index in [1.807, 2.05) is 12.1 Å². The van der Waals surface area contributed by atoms with Gasteiger partial charge < -0.3 is 15.6 Å². The molecule has 3 rings (SSSR count). The topological polar surface area (TPSA) is 72.5 Å². The molecule has 0 atom stereocenters. The van der Waals surface area contributed by atoms with Crippen molar-refractivity contribution < 1.29 is 14.6 Å². The average Bonchev–Trinajstić information content (AvgIpc) is 2.49. The zero-order chi connectivity index (χ0) is 14.8. The third-order valence-corrected chi connectivity index (χ3v) is 3.22. The van der Waals surface area contributed by atoms with Crippen LogP contribution in [0.5, 0.6) is 11.5 Å². The largest absolute Gasteiger partial charge is 0.478 e. The van der Waals surface area contributed by atoms with Gasteiger partial charge in [0.2, 0.25) is 0 Å². The van der Waals surface area contributed by atoms with E-state index >= 15 is 0 Å². The molecule has 3 N–H and O–H groups in total. The summed E-state index contributed by atoms with van der Waals surface area (Å²) in [7, 11) is 0. The van der Waals surface area contributed by atoms with E-state index in [0.29, 0.717) is 22.6 Å². The molecular weight excluding hydrogens is 266 g/mol. The van der Waals surface area contributed by atoms with Gasteiger partial charge in [0.05, 0.1) is 5.56 Å². The van der Waals surface area contributed by atoms with Crippen molar-refractivity contribution in [3.05, 3.63) is 66.2 Å². The first-order chi connectivity index (χ1) is 10.1. The van der Waals surface area contributed by atoms with Gasteiger partial charge in [0.25, 0.3) is 0 Å². The van der Waals surface area contributed by atoms with Crippen LogP contribution in [0.4, 0.5) is 5.69 Å². The molecule has 3 aromatic rings. The van der Waals surface area contributed by atoms with Gasteiger partial charge in [-0.1, -0.05) is 24.3 Å². The van der Waals surface area contributed by atoms with Crippen LogP contribution >= 0.6 is 0 Å². The minimum Gasteiger partial charge on any atom is -0.478 e. The normalized spacial score (nSPS) is 10.5. The molecule has 104 valence electrons. The number of hydrogen-bond donors (Lipinski definition) is 2. The van der Waals surface area contributed by atoms with Gasteiger partial charge in [-0.05, 0) is 41.8 Å². The Morgan fingerprint density at radius 2 is 1.57 bits per heavy atom. The van der Waals surface area contributed by atoms with Crippen molar-refractivity contribution in [2.45, 2.75) is 0 Å². The lowest BCUT2D eigenvalue weighted by atomic mass is 10.0. The van der Waals surface area contributed by atoms with Crippen LogP contribution in [-0.4, -0.2) is 11.1 Å². The van der Waals surface area contributed by atoms with Crippen LogP contribution in [-0.2, 0) is 0 Å². The second kappa shape index (κ2) is 5.17. The van der Waals surface area contributed by atoms with Crippen molar-refractivity contribution in [2.24, 2.45) is 0 Å². The minimum atomic E-state index is -0.953. The Bertz CT molecular complexity index is 810. The van der Waals surface area contributed by atoms with Crippen LogP contribution in [0, 0.1) is 0 Å². The number of ether oxygens (including phenoxy) is 1. The first kappa shape index (κ1) is 13.0. The maximum atomic E-state index is 11.3. The molecule has 0 aromatic heterocycles. The number of carbonyl (C=O) groups is 1. The standard InChI is InChI=1S/C17H13NO3/c18-11-7-9-12(10-8-11)21-16-6-2-3-13-14(16)4-1-5-15(13)17(19)20/h1-10H,18H2,(H,19,20). The molecule has 0 spiro atoms.